The number of carbonyl (C=O) groups excluding carboxylic acids is 5. The van der Waals surface area contributed by atoms with Crippen molar-refractivity contribution in [3.05, 3.63) is 46.0 Å². The van der Waals surface area contributed by atoms with E-state index in [1.807, 2.05) is 43.9 Å². The van der Waals surface area contributed by atoms with Gasteiger partial charge in [0.05, 0.1) is 34.5 Å². The highest BCUT2D eigenvalue weighted by atomic mass is 28.4. The van der Waals surface area contributed by atoms with Crippen molar-refractivity contribution >= 4 is 55.1 Å². The number of nitrogens with zero attached hydrogens (tertiary/aromatic N) is 4. The lowest BCUT2D eigenvalue weighted by Crippen LogP contribution is -2.41. The van der Waals surface area contributed by atoms with E-state index in [4.69, 9.17) is 37.7 Å². The zero-order chi connectivity index (χ0) is 51.3. The van der Waals surface area contributed by atoms with Crippen molar-refractivity contribution in [3.8, 4) is 11.5 Å². The SMILES string of the molecule is CC(C)(C)CN(CC(=O)OC(C)(C)C)c1ccc(N2CCCC2)cc1OCCOc1cc([N+](=O)[O-])c(CO[Si](C)(C)C(C)(C)C)cc1N(CC(=O)OC(C)(C)C)CC(=O)OC(C)(C)C.O=C=O. The maximum atomic E-state index is 13.5. The predicted octanol–water partition coefficient (Wildman–Crippen LogP) is 9.28. The van der Waals surface area contributed by atoms with Crippen LogP contribution in [0.2, 0.25) is 18.1 Å². The van der Waals surface area contributed by atoms with Crippen molar-refractivity contribution < 1.29 is 57.0 Å². The zero-order valence-corrected chi connectivity index (χ0v) is 44.3. The Kier molecular flexibility index (Phi) is 20.5. The number of nitro groups is 1. The summed E-state index contributed by atoms with van der Waals surface area (Å²) in [6, 6.07) is 8.84. The molecule has 0 atom stereocenters. The van der Waals surface area contributed by atoms with Gasteiger partial charge in [-0.15, -0.1) is 0 Å². The Morgan fingerprint density at radius 3 is 1.52 bits per heavy atom. The molecule has 1 fully saturated rings. The van der Waals surface area contributed by atoms with E-state index < -0.39 is 55.1 Å². The van der Waals surface area contributed by atoms with Crippen LogP contribution in [0.15, 0.2) is 30.3 Å². The van der Waals surface area contributed by atoms with Crippen molar-refractivity contribution in [2.24, 2.45) is 5.41 Å². The molecule has 1 saturated heterocycles. The third-order valence-electron chi connectivity index (χ3n) is 10.3. The third-order valence-corrected chi connectivity index (χ3v) is 14.8. The number of benzene rings is 2. The molecule has 67 heavy (non-hydrogen) atoms. The number of hydrogen-bond donors (Lipinski definition) is 0. The Balaban J connectivity index is 0.00000499. The second kappa shape index (κ2) is 23.7. The van der Waals surface area contributed by atoms with Crippen molar-refractivity contribution in [3.63, 3.8) is 0 Å². The fraction of sp³-hybridized carbons (Fsp3) is 0.673. The quantitative estimate of drug-likeness (QED) is 0.0323. The zero-order valence-electron chi connectivity index (χ0n) is 43.3. The highest BCUT2D eigenvalue weighted by Crippen LogP contribution is 2.41. The number of nitro benzene ring substituents is 1. The second-order valence-corrected chi connectivity index (χ2v) is 27.2. The van der Waals surface area contributed by atoms with E-state index in [9.17, 15) is 24.5 Å². The first-order valence-electron chi connectivity index (χ1n) is 22.8. The number of anilines is 3. The molecule has 0 aromatic heterocycles. The standard InChI is InChI=1S/C48H78N4O11Si.CO2/c1-44(2,3)33-51(31-43(55)63-47(10,11)12)36-21-20-35(49-22-18-19-23-49)27-39(36)58-24-25-59-40-28-37(52(56)57)34(32-60-64(16,17)48(13,14)15)26-38(40)50(29-41(53)61-45(4,5)6)30-42(54)62-46(7,8)9;2-1-3/h20-21,26-28H,18-19,22-25,29-33H2,1-17H3;. The van der Waals surface area contributed by atoms with Gasteiger partial charge < -0.3 is 42.8 Å². The molecule has 1 aliphatic heterocycles. The van der Waals surface area contributed by atoms with Gasteiger partial charge in [0.2, 0.25) is 0 Å². The number of ether oxygens (including phenoxy) is 5. The predicted molar refractivity (Wildman–Crippen MR) is 260 cm³/mol. The number of carbonyl (C=O) groups is 3. The minimum atomic E-state index is -2.39. The average Bonchev–Trinajstić information content (AvgIpc) is 3.67. The average molecular weight is 959 g/mol. The van der Waals surface area contributed by atoms with E-state index >= 15 is 0 Å². The van der Waals surface area contributed by atoms with E-state index in [0.29, 0.717) is 18.0 Å². The Hall–Kier alpha value is -5.19. The van der Waals surface area contributed by atoms with Gasteiger partial charge in [-0.2, -0.15) is 9.59 Å². The summed E-state index contributed by atoms with van der Waals surface area (Å²) >= 11 is 0. The van der Waals surface area contributed by atoms with Gasteiger partial charge in [-0.3, -0.25) is 24.5 Å². The molecule has 3 rings (SSSR count). The van der Waals surface area contributed by atoms with Crippen LogP contribution in [-0.4, -0.2) is 107 Å². The maximum Gasteiger partial charge on any atom is 0.373 e. The maximum absolute atomic E-state index is 13.5. The lowest BCUT2D eigenvalue weighted by atomic mass is 9.95. The van der Waals surface area contributed by atoms with Crippen molar-refractivity contribution in [2.75, 3.05) is 67.2 Å². The summed E-state index contributed by atoms with van der Waals surface area (Å²) in [4.78, 5) is 74.4. The summed E-state index contributed by atoms with van der Waals surface area (Å²) < 4.78 is 36.5. The van der Waals surface area contributed by atoms with E-state index in [1.165, 1.54) is 11.0 Å². The normalized spacial score (nSPS) is 13.4. The van der Waals surface area contributed by atoms with Gasteiger partial charge in [0.25, 0.3) is 5.69 Å². The minimum Gasteiger partial charge on any atom is -0.488 e. The molecule has 0 unspecified atom stereocenters. The van der Waals surface area contributed by atoms with Crippen LogP contribution < -0.4 is 24.2 Å². The highest BCUT2D eigenvalue weighted by Gasteiger charge is 2.38. The molecule has 0 radical (unpaired) electrons. The van der Waals surface area contributed by atoms with Crippen molar-refractivity contribution in [1.82, 2.24) is 0 Å². The first-order valence-corrected chi connectivity index (χ1v) is 25.7. The molecule has 18 heteroatoms. The molecule has 1 aliphatic rings. The number of hydrogen-bond acceptors (Lipinski definition) is 16. The smallest absolute Gasteiger partial charge is 0.373 e. The molecule has 1 heterocycles. The molecule has 0 amide bonds. The summed E-state index contributed by atoms with van der Waals surface area (Å²) in [5.41, 5.74) is -0.597. The molecular formula is C49H78N4O13Si. The molecule has 0 spiro atoms. The molecule has 0 N–H and O–H groups in total. The molecule has 17 nitrogen and oxygen atoms in total. The van der Waals surface area contributed by atoms with Crippen LogP contribution in [0.4, 0.5) is 22.7 Å². The van der Waals surface area contributed by atoms with E-state index in [-0.39, 0.29) is 71.6 Å². The first kappa shape index (κ1) is 57.9. The second-order valence-electron chi connectivity index (χ2n) is 22.4. The van der Waals surface area contributed by atoms with Gasteiger partial charge in [0.15, 0.2) is 8.32 Å². The Bertz CT molecular complexity index is 2000. The van der Waals surface area contributed by atoms with Crippen LogP contribution in [0.25, 0.3) is 0 Å². The summed E-state index contributed by atoms with van der Waals surface area (Å²) in [5.74, 6) is -1.05. The van der Waals surface area contributed by atoms with Gasteiger partial charge in [0, 0.05) is 31.4 Å². The Labute approximate surface area is 399 Å². The summed E-state index contributed by atoms with van der Waals surface area (Å²) in [5, 5.41) is 12.6. The van der Waals surface area contributed by atoms with Crippen LogP contribution >= 0.6 is 0 Å². The summed E-state index contributed by atoms with van der Waals surface area (Å²) in [6.45, 7) is 34.0. The molecule has 0 aliphatic carbocycles. The third kappa shape index (κ3) is 20.7. The lowest BCUT2D eigenvalue weighted by molar-refractivity contribution is -0.385. The largest absolute Gasteiger partial charge is 0.488 e. The molecule has 0 saturated carbocycles. The van der Waals surface area contributed by atoms with Gasteiger partial charge in [-0.1, -0.05) is 41.5 Å². The van der Waals surface area contributed by atoms with Crippen molar-refractivity contribution in [2.45, 2.75) is 158 Å². The van der Waals surface area contributed by atoms with E-state index in [2.05, 4.69) is 59.5 Å². The topological polar surface area (TPSA) is 194 Å². The molecule has 376 valence electrons. The number of esters is 3. The Morgan fingerprint density at radius 2 is 1.12 bits per heavy atom. The summed E-state index contributed by atoms with van der Waals surface area (Å²) in [7, 11) is -2.39. The highest BCUT2D eigenvalue weighted by molar-refractivity contribution is 6.74. The van der Waals surface area contributed by atoms with Crippen LogP contribution in [0.5, 0.6) is 11.5 Å². The first-order chi connectivity index (χ1) is 30.5. The fourth-order valence-corrected chi connectivity index (χ4v) is 7.64. The van der Waals surface area contributed by atoms with Crippen LogP contribution in [0.3, 0.4) is 0 Å². The summed E-state index contributed by atoms with van der Waals surface area (Å²) in [6.07, 6.45) is 2.41. The van der Waals surface area contributed by atoms with Gasteiger partial charge >= 0.3 is 24.1 Å². The van der Waals surface area contributed by atoms with Crippen molar-refractivity contribution in [1.29, 1.82) is 0 Å². The fourth-order valence-electron chi connectivity index (χ4n) is 6.69. The number of rotatable bonds is 19. The van der Waals surface area contributed by atoms with E-state index in [1.54, 1.807) is 47.6 Å². The van der Waals surface area contributed by atoms with Gasteiger partial charge in [0.1, 0.15) is 61.2 Å². The molecule has 2 aromatic rings. The lowest BCUT2D eigenvalue weighted by Gasteiger charge is -2.36. The molecular weight excluding hydrogens is 881 g/mol. The molecule has 2 aromatic carbocycles. The Morgan fingerprint density at radius 1 is 0.687 bits per heavy atom. The van der Waals surface area contributed by atoms with E-state index in [0.717, 1.165) is 31.6 Å². The molecule has 0 bridgehead atoms. The van der Waals surface area contributed by atoms with Crippen LogP contribution in [0, 0.1) is 15.5 Å². The van der Waals surface area contributed by atoms with Crippen LogP contribution in [0.1, 0.15) is 122 Å². The van der Waals surface area contributed by atoms with Gasteiger partial charge in [-0.25, -0.2) is 0 Å². The monoisotopic (exact) mass is 959 g/mol. The van der Waals surface area contributed by atoms with Gasteiger partial charge in [-0.05, 0) is 117 Å². The van der Waals surface area contributed by atoms with Crippen LogP contribution in [-0.2, 0) is 49.2 Å². The minimum absolute atomic E-state index is 0.00585.